The van der Waals surface area contributed by atoms with Crippen LogP contribution in [0, 0.1) is 0 Å². The van der Waals surface area contributed by atoms with Crippen LogP contribution in [0.15, 0.2) is 65.9 Å². The van der Waals surface area contributed by atoms with E-state index >= 15 is 0 Å². The maximum atomic E-state index is 13.1. The van der Waals surface area contributed by atoms with Gasteiger partial charge in [-0.25, -0.2) is 0 Å². The van der Waals surface area contributed by atoms with Gasteiger partial charge in [0.25, 0.3) is 11.8 Å². The van der Waals surface area contributed by atoms with Crippen molar-refractivity contribution in [1.82, 2.24) is 9.47 Å². The number of anilines is 1. The number of para-hydroxylation sites is 1. The first-order valence-electron chi connectivity index (χ1n) is 12.2. The molecule has 0 spiro atoms. The standard InChI is InChI=1S/C28H26N4O6/c1-2-38-25(35)14-31-13-17(19-6-3-4-9-24(19)31)12-29-30-23-11-10-22-26-20(23)7-5-8-21(26)27(36)32(28(22)37)18(15-33)16-34/h3-13,18,30,33-34H,2,14-16H2,1H3/b29-12+. The van der Waals surface area contributed by atoms with Crippen LogP contribution in [0.2, 0.25) is 0 Å². The molecular weight excluding hydrogens is 488 g/mol. The molecule has 4 aromatic rings. The summed E-state index contributed by atoms with van der Waals surface area (Å²) in [5.74, 6) is -1.47. The largest absolute Gasteiger partial charge is 0.465 e. The van der Waals surface area contributed by atoms with E-state index in [-0.39, 0.29) is 12.5 Å². The zero-order valence-corrected chi connectivity index (χ0v) is 20.6. The first-order valence-corrected chi connectivity index (χ1v) is 12.2. The smallest absolute Gasteiger partial charge is 0.325 e. The Hall–Kier alpha value is -4.54. The molecule has 2 heterocycles. The van der Waals surface area contributed by atoms with Crippen LogP contribution < -0.4 is 5.43 Å². The minimum atomic E-state index is -1.02. The second kappa shape index (κ2) is 10.4. The molecule has 0 atom stereocenters. The van der Waals surface area contributed by atoms with E-state index in [4.69, 9.17) is 4.74 Å². The van der Waals surface area contributed by atoms with Crippen molar-refractivity contribution in [2.24, 2.45) is 5.10 Å². The number of hydrazone groups is 1. The van der Waals surface area contributed by atoms with Gasteiger partial charge >= 0.3 is 5.97 Å². The Morgan fingerprint density at radius 2 is 1.71 bits per heavy atom. The van der Waals surface area contributed by atoms with Crippen LogP contribution in [0.1, 0.15) is 33.2 Å². The number of nitrogens with zero attached hydrogens (tertiary/aromatic N) is 3. The van der Waals surface area contributed by atoms with Gasteiger partial charge in [0.1, 0.15) is 6.54 Å². The van der Waals surface area contributed by atoms with Gasteiger partial charge in [0.05, 0.1) is 37.8 Å². The third kappa shape index (κ3) is 4.29. The Bertz CT molecular complexity index is 1570. The van der Waals surface area contributed by atoms with Crippen molar-refractivity contribution < 1.29 is 29.3 Å². The van der Waals surface area contributed by atoms with Crippen molar-refractivity contribution in [3.63, 3.8) is 0 Å². The highest BCUT2D eigenvalue weighted by atomic mass is 16.5. The number of fused-ring (bicyclic) bond motifs is 1. The molecule has 1 aliphatic heterocycles. The average Bonchev–Trinajstić information content (AvgIpc) is 3.27. The number of aliphatic hydroxyl groups excluding tert-OH is 2. The van der Waals surface area contributed by atoms with Gasteiger partial charge in [0, 0.05) is 44.6 Å². The zero-order chi connectivity index (χ0) is 26.8. The van der Waals surface area contributed by atoms with Gasteiger partial charge in [0.2, 0.25) is 0 Å². The number of imide groups is 1. The van der Waals surface area contributed by atoms with Gasteiger partial charge in [-0.2, -0.15) is 5.10 Å². The summed E-state index contributed by atoms with van der Waals surface area (Å²) < 4.78 is 6.89. The molecule has 0 saturated heterocycles. The third-order valence-electron chi connectivity index (χ3n) is 6.54. The van der Waals surface area contributed by atoms with Crippen LogP contribution in [0.3, 0.4) is 0 Å². The van der Waals surface area contributed by atoms with Gasteiger partial charge in [-0.05, 0) is 31.2 Å². The van der Waals surface area contributed by atoms with Crippen molar-refractivity contribution in [2.75, 3.05) is 25.2 Å². The molecule has 10 heteroatoms. The lowest BCUT2D eigenvalue weighted by Crippen LogP contribution is -2.50. The molecule has 2 amide bonds. The SMILES string of the molecule is CCOC(=O)Cn1cc(/C=N/Nc2ccc3c4c(cccc24)C(=O)N(C(CO)CO)C3=O)c2ccccc21. The Labute approximate surface area is 217 Å². The highest BCUT2D eigenvalue weighted by molar-refractivity contribution is 6.27. The number of esters is 1. The van der Waals surface area contributed by atoms with Gasteiger partial charge < -0.3 is 19.5 Å². The first-order chi connectivity index (χ1) is 18.5. The summed E-state index contributed by atoms with van der Waals surface area (Å²) in [6.45, 7) is 1.08. The summed E-state index contributed by atoms with van der Waals surface area (Å²) in [5, 5.41) is 25.6. The fourth-order valence-corrected chi connectivity index (χ4v) is 4.79. The van der Waals surface area contributed by atoms with E-state index in [1.807, 2.05) is 35.0 Å². The fourth-order valence-electron chi connectivity index (χ4n) is 4.79. The van der Waals surface area contributed by atoms with Crippen molar-refractivity contribution >= 4 is 51.4 Å². The number of benzene rings is 3. The number of carbonyl (C=O) groups is 3. The van der Waals surface area contributed by atoms with E-state index in [9.17, 15) is 24.6 Å². The molecule has 0 radical (unpaired) electrons. The molecule has 0 unspecified atom stereocenters. The molecular formula is C28H26N4O6. The van der Waals surface area contributed by atoms with Crippen LogP contribution in [-0.4, -0.2) is 69.5 Å². The maximum Gasteiger partial charge on any atom is 0.325 e. The van der Waals surface area contributed by atoms with E-state index in [0.29, 0.717) is 34.2 Å². The van der Waals surface area contributed by atoms with E-state index in [1.54, 1.807) is 43.5 Å². The number of ether oxygens (including phenoxy) is 1. The highest BCUT2D eigenvalue weighted by Gasteiger charge is 2.37. The zero-order valence-electron chi connectivity index (χ0n) is 20.6. The average molecular weight is 515 g/mol. The van der Waals surface area contributed by atoms with Crippen LogP contribution in [0.25, 0.3) is 21.7 Å². The van der Waals surface area contributed by atoms with E-state index in [1.165, 1.54) is 0 Å². The van der Waals surface area contributed by atoms with Crippen molar-refractivity contribution in [3.8, 4) is 0 Å². The van der Waals surface area contributed by atoms with Gasteiger partial charge in [-0.3, -0.25) is 24.7 Å². The minimum absolute atomic E-state index is 0.0804. The van der Waals surface area contributed by atoms with E-state index in [0.717, 1.165) is 21.4 Å². The monoisotopic (exact) mass is 514 g/mol. The number of amides is 2. The molecule has 1 aliphatic rings. The number of carbonyl (C=O) groups excluding carboxylic acids is 3. The Balaban J connectivity index is 1.47. The van der Waals surface area contributed by atoms with Crippen LogP contribution in [0.4, 0.5) is 5.69 Å². The predicted molar refractivity (Wildman–Crippen MR) is 142 cm³/mol. The number of hydrogen-bond donors (Lipinski definition) is 3. The Morgan fingerprint density at radius 1 is 1.00 bits per heavy atom. The molecule has 194 valence electrons. The number of rotatable bonds is 9. The van der Waals surface area contributed by atoms with Gasteiger partial charge in [0.15, 0.2) is 0 Å². The molecule has 5 rings (SSSR count). The fraction of sp³-hybridized carbons (Fsp3) is 0.214. The number of aromatic nitrogens is 1. The normalized spacial score (nSPS) is 13.3. The minimum Gasteiger partial charge on any atom is -0.465 e. The highest BCUT2D eigenvalue weighted by Crippen LogP contribution is 2.35. The third-order valence-corrected chi connectivity index (χ3v) is 6.54. The van der Waals surface area contributed by atoms with E-state index < -0.39 is 31.1 Å². The molecule has 10 nitrogen and oxygen atoms in total. The molecule has 3 aromatic carbocycles. The first kappa shape index (κ1) is 25.1. The van der Waals surface area contributed by atoms with E-state index in [2.05, 4.69) is 10.5 Å². The molecule has 38 heavy (non-hydrogen) atoms. The van der Waals surface area contributed by atoms with Crippen molar-refractivity contribution in [3.05, 3.63) is 77.5 Å². The number of aliphatic hydroxyl groups is 2. The Morgan fingerprint density at radius 3 is 2.45 bits per heavy atom. The summed E-state index contributed by atoms with van der Waals surface area (Å²) in [4.78, 5) is 39.2. The molecule has 0 saturated carbocycles. The summed E-state index contributed by atoms with van der Waals surface area (Å²) in [6.07, 6.45) is 3.47. The molecule has 0 bridgehead atoms. The lowest BCUT2D eigenvalue weighted by Gasteiger charge is -2.32. The number of nitrogens with one attached hydrogen (secondary N) is 1. The summed E-state index contributed by atoms with van der Waals surface area (Å²) >= 11 is 0. The second-order valence-corrected chi connectivity index (χ2v) is 8.79. The van der Waals surface area contributed by atoms with Crippen LogP contribution in [0.5, 0.6) is 0 Å². The quantitative estimate of drug-likeness (QED) is 0.135. The number of hydrogen-bond acceptors (Lipinski definition) is 8. The summed E-state index contributed by atoms with van der Waals surface area (Å²) in [7, 11) is 0. The molecule has 1 aromatic heterocycles. The molecule has 0 fully saturated rings. The van der Waals surface area contributed by atoms with Crippen LogP contribution in [-0.2, 0) is 16.1 Å². The van der Waals surface area contributed by atoms with Crippen molar-refractivity contribution in [2.45, 2.75) is 19.5 Å². The molecule has 0 aliphatic carbocycles. The van der Waals surface area contributed by atoms with Gasteiger partial charge in [-0.15, -0.1) is 0 Å². The van der Waals surface area contributed by atoms with Gasteiger partial charge in [-0.1, -0.05) is 30.3 Å². The predicted octanol–water partition coefficient (Wildman–Crippen LogP) is 2.75. The second-order valence-electron chi connectivity index (χ2n) is 8.79. The maximum absolute atomic E-state index is 13.1. The molecule has 3 N–H and O–H groups in total. The topological polar surface area (TPSA) is 133 Å². The summed E-state index contributed by atoms with van der Waals surface area (Å²) in [5.41, 5.74) is 5.87. The summed E-state index contributed by atoms with van der Waals surface area (Å²) in [6, 6.07) is 15.0. The lowest BCUT2D eigenvalue weighted by molar-refractivity contribution is -0.143. The van der Waals surface area contributed by atoms with Crippen molar-refractivity contribution in [1.29, 1.82) is 0 Å². The van der Waals surface area contributed by atoms with Crippen LogP contribution >= 0.6 is 0 Å². The lowest BCUT2D eigenvalue weighted by atomic mass is 9.92. The Kier molecular flexibility index (Phi) is 6.91.